The molecule has 1 amide bonds. The van der Waals surface area contributed by atoms with Gasteiger partial charge in [-0.25, -0.2) is 0 Å². The molecule has 1 aromatic carbocycles. The molecule has 4 nitrogen and oxygen atoms in total. The lowest BCUT2D eigenvalue weighted by Crippen LogP contribution is -2.85. The summed E-state index contributed by atoms with van der Waals surface area (Å²) in [5.74, 6) is 0.163. The molecule has 2 aliphatic heterocycles. The van der Waals surface area contributed by atoms with Crippen molar-refractivity contribution in [3.05, 3.63) is 35.9 Å². The molecule has 7 heteroatoms. The van der Waals surface area contributed by atoms with Crippen molar-refractivity contribution in [1.82, 2.24) is 9.80 Å². The molecule has 0 aromatic heterocycles. The second kappa shape index (κ2) is 7.91. The van der Waals surface area contributed by atoms with E-state index in [2.05, 4.69) is 0 Å². The normalized spacial score (nSPS) is 27.5. The highest BCUT2D eigenvalue weighted by Gasteiger charge is 2.66. The zero-order valence-corrected chi connectivity index (χ0v) is 16.6. The van der Waals surface area contributed by atoms with Gasteiger partial charge >= 0.3 is 6.18 Å². The SMILES string of the molecule is O=C(C1CCCCC1)N1CC2(C1)[C@H](c1ccccc1)[C@H](CO)N2CCC(F)(F)F. The van der Waals surface area contributed by atoms with E-state index in [1.165, 1.54) is 6.42 Å². The maximum atomic E-state index is 12.9. The Kier molecular flexibility index (Phi) is 5.64. The summed E-state index contributed by atoms with van der Waals surface area (Å²) in [4.78, 5) is 16.5. The number of rotatable bonds is 5. The van der Waals surface area contributed by atoms with Gasteiger partial charge < -0.3 is 10.0 Å². The number of hydrogen-bond donors (Lipinski definition) is 1. The third-order valence-corrected chi connectivity index (χ3v) is 7.11. The highest BCUT2D eigenvalue weighted by Crippen LogP contribution is 2.54. The van der Waals surface area contributed by atoms with Gasteiger partial charge in [-0.05, 0) is 18.4 Å². The largest absolute Gasteiger partial charge is 0.395 e. The van der Waals surface area contributed by atoms with Gasteiger partial charge in [-0.15, -0.1) is 0 Å². The summed E-state index contributed by atoms with van der Waals surface area (Å²) in [5.41, 5.74) is 0.532. The molecular weight excluding hydrogens is 381 g/mol. The number of carbonyl (C=O) groups excluding carboxylic acids is 1. The lowest BCUT2D eigenvalue weighted by Gasteiger charge is -2.71. The molecule has 0 bridgehead atoms. The number of alkyl halides is 3. The highest BCUT2D eigenvalue weighted by molar-refractivity contribution is 5.80. The Morgan fingerprint density at radius 1 is 1.10 bits per heavy atom. The van der Waals surface area contributed by atoms with E-state index < -0.39 is 18.1 Å². The number of carbonyl (C=O) groups is 1. The highest BCUT2D eigenvalue weighted by atomic mass is 19.4. The fraction of sp³-hybridized carbons (Fsp3) is 0.682. The van der Waals surface area contributed by atoms with E-state index in [9.17, 15) is 23.1 Å². The molecule has 1 aliphatic carbocycles. The predicted molar refractivity (Wildman–Crippen MR) is 103 cm³/mol. The Morgan fingerprint density at radius 3 is 2.34 bits per heavy atom. The average Bonchev–Trinajstić information content (AvgIpc) is 2.66. The molecule has 4 rings (SSSR count). The van der Waals surface area contributed by atoms with Crippen LogP contribution in [0.2, 0.25) is 0 Å². The van der Waals surface area contributed by atoms with E-state index in [1.807, 2.05) is 40.1 Å². The van der Waals surface area contributed by atoms with E-state index in [4.69, 9.17) is 0 Å². The number of amides is 1. The quantitative estimate of drug-likeness (QED) is 0.807. The molecule has 1 saturated carbocycles. The summed E-state index contributed by atoms with van der Waals surface area (Å²) in [6.45, 7) is 0.589. The first-order chi connectivity index (χ1) is 13.9. The molecule has 2 atom stereocenters. The molecule has 3 aliphatic rings. The van der Waals surface area contributed by atoms with Gasteiger partial charge in [0.25, 0.3) is 0 Å². The standard InChI is InChI=1S/C22H29F3N2O2/c23-22(24,25)11-12-27-18(13-28)19(16-7-3-1-4-8-16)21(27)14-26(15-21)20(29)17-9-5-2-6-10-17/h1,3-4,7-8,17-19,28H,2,5-6,9-15H2/t18-,19+/m0/s1. The summed E-state index contributed by atoms with van der Waals surface area (Å²) in [5, 5.41) is 9.94. The van der Waals surface area contributed by atoms with Crippen LogP contribution in [0.15, 0.2) is 30.3 Å². The van der Waals surface area contributed by atoms with Crippen LogP contribution in [0.25, 0.3) is 0 Å². The van der Waals surface area contributed by atoms with Crippen LogP contribution >= 0.6 is 0 Å². The van der Waals surface area contributed by atoms with Crippen LogP contribution in [0.3, 0.4) is 0 Å². The van der Waals surface area contributed by atoms with E-state index in [0.717, 1.165) is 31.2 Å². The smallest absolute Gasteiger partial charge is 0.390 e. The van der Waals surface area contributed by atoms with Crippen molar-refractivity contribution in [3.63, 3.8) is 0 Å². The summed E-state index contributed by atoms with van der Waals surface area (Å²) >= 11 is 0. The van der Waals surface area contributed by atoms with Gasteiger partial charge in [-0.3, -0.25) is 9.69 Å². The fourth-order valence-corrected chi connectivity index (χ4v) is 5.75. The molecule has 3 fully saturated rings. The van der Waals surface area contributed by atoms with E-state index >= 15 is 0 Å². The first kappa shape index (κ1) is 20.7. The minimum absolute atomic E-state index is 0.0580. The molecule has 160 valence electrons. The van der Waals surface area contributed by atoms with Gasteiger partial charge in [-0.1, -0.05) is 49.6 Å². The van der Waals surface area contributed by atoms with Crippen molar-refractivity contribution in [2.45, 2.75) is 62.2 Å². The summed E-state index contributed by atoms with van der Waals surface area (Å²) in [6.07, 6.45) is 0.0263. The Hall–Kier alpha value is -1.60. The molecule has 1 spiro atoms. The van der Waals surface area contributed by atoms with Gasteiger partial charge in [-0.2, -0.15) is 13.2 Å². The van der Waals surface area contributed by atoms with Gasteiger partial charge in [0.05, 0.1) is 18.6 Å². The summed E-state index contributed by atoms with van der Waals surface area (Å²) in [6, 6.07) is 9.35. The Balaban J connectivity index is 1.52. The maximum absolute atomic E-state index is 12.9. The summed E-state index contributed by atoms with van der Waals surface area (Å²) in [7, 11) is 0. The van der Waals surface area contributed by atoms with Crippen molar-refractivity contribution in [1.29, 1.82) is 0 Å². The number of hydrogen-bond acceptors (Lipinski definition) is 3. The fourth-order valence-electron chi connectivity index (χ4n) is 5.75. The van der Waals surface area contributed by atoms with Crippen LogP contribution in [0.4, 0.5) is 13.2 Å². The minimum atomic E-state index is -4.24. The van der Waals surface area contributed by atoms with Crippen LogP contribution in [0.1, 0.15) is 50.0 Å². The lowest BCUT2D eigenvalue weighted by molar-refractivity contribution is -0.211. The van der Waals surface area contributed by atoms with Crippen molar-refractivity contribution >= 4 is 5.91 Å². The van der Waals surface area contributed by atoms with Crippen LogP contribution in [-0.4, -0.2) is 64.8 Å². The van der Waals surface area contributed by atoms with Crippen LogP contribution in [-0.2, 0) is 4.79 Å². The topological polar surface area (TPSA) is 43.8 Å². The number of halogens is 3. The van der Waals surface area contributed by atoms with Gasteiger partial charge in [0.2, 0.25) is 5.91 Å². The second-order valence-corrected chi connectivity index (χ2v) is 8.83. The number of benzene rings is 1. The van der Waals surface area contributed by atoms with Crippen molar-refractivity contribution in [3.8, 4) is 0 Å². The first-order valence-electron chi connectivity index (χ1n) is 10.6. The molecule has 2 heterocycles. The molecule has 1 N–H and O–H groups in total. The van der Waals surface area contributed by atoms with Gasteiger partial charge in [0, 0.05) is 37.5 Å². The van der Waals surface area contributed by atoms with Crippen LogP contribution in [0, 0.1) is 5.92 Å². The number of likely N-dealkylation sites (tertiary alicyclic amines) is 2. The number of nitrogens with zero attached hydrogens (tertiary/aromatic N) is 2. The van der Waals surface area contributed by atoms with Gasteiger partial charge in [0.1, 0.15) is 0 Å². The minimum Gasteiger partial charge on any atom is -0.395 e. The molecule has 0 radical (unpaired) electrons. The maximum Gasteiger partial charge on any atom is 0.390 e. The summed E-state index contributed by atoms with van der Waals surface area (Å²) < 4.78 is 38.7. The third kappa shape index (κ3) is 3.79. The van der Waals surface area contributed by atoms with E-state index in [1.54, 1.807) is 0 Å². The van der Waals surface area contributed by atoms with E-state index in [-0.39, 0.29) is 36.9 Å². The van der Waals surface area contributed by atoms with Crippen LogP contribution in [0.5, 0.6) is 0 Å². The number of aliphatic hydroxyl groups excluding tert-OH is 1. The van der Waals surface area contributed by atoms with Crippen molar-refractivity contribution < 1.29 is 23.1 Å². The third-order valence-electron chi connectivity index (χ3n) is 7.11. The Morgan fingerprint density at radius 2 is 1.76 bits per heavy atom. The first-order valence-corrected chi connectivity index (χ1v) is 10.6. The Labute approximate surface area is 169 Å². The van der Waals surface area contributed by atoms with E-state index in [0.29, 0.717) is 13.1 Å². The van der Waals surface area contributed by atoms with Crippen LogP contribution < -0.4 is 0 Å². The zero-order valence-electron chi connectivity index (χ0n) is 16.6. The molecular formula is C22H29F3N2O2. The number of aliphatic hydroxyl groups is 1. The second-order valence-electron chi connectivity index (χ2n) is 8.83. The Bertz CT molecular complexity index is 713. The van der Waals surface area contributed by atoms with Crippen molar-refractivity contribution in [2.75, 3.05) is 26.2 Å². The average molecular weight is 410 g/mol. The van der Waals surface area contributed by atoms with Crippen molar-refractivity contribution in [2.24, 2.45) is 5.92 Å². The van der Waals surface area contributed by atoms with Gasteiger partial charge in [0.15, 0.2) is 0 Å². The molecule has 29 heavy (non-hydrogen) atoms. The molecule has 1 aromatic rings. The zero-order chi connectivity index (χ0) is 20.6. The predicted octanol–water partition coefficient (Wildman–Crippen LogP) is 3.56. The molecule has 2 saturated heterocycles. The molecule has 0 unspecified atom stereocenters. The monoisotopic (exact) mass is 410 g/mol. The lowest BCUT2D eigenvalue weighted by atomic mass is 9.60.